The molecule has 3 aromatic carbocycles. The number of carbonyl (C=O) groups is 2. The quantitative estimate of drug-likeness (QED) is 0.298. The van der Waals surface area contributed by atoms with Crippen molar-refractivity contribution in [3.8, 4) is 11.5 Å². The Balaban J connectivity index is 1.55. The summed E-state index contributed by atoms with van der Waals surface area (Å²) in [6, 6.07) is 20.3. The zero-order chi connectivity index (χ0) is 24.1. The largest absolute Gasteiger partial charge is 0.490 e. The molecule has 4 rings (SSSR count). The highest BCUT2D eigenvalue weighted by molar-refractivity contribution is 8.18. The van der Waals surface area contributed by atoms with E-state index in [9.17, 15) is 9.59 Å². The zero-order valence-corrected chi connectivity index (χ0v) is 20.6. The minimum atomic E-state index is -0.367. The van der Waals surface area contributed by atoms with E-state index in [1.807, 2.05) is 43.3 Å². The molecule has 2 amide bonds. The Morgan fingerprint density at radius 3 is 2.44 bits per heavy atom. The van der Waals surface area contributed by atoms with Crippen molar-refractivity contribution in [2.45, 2.75) is 20.1 Å². The van der Waals surface area contributed by atoms with Crippen molar-refractivity contribution >= 4 is 52.2 Å². The average Bonchev–Trinajstić information content (AvgIpc) is 3.07. The van der Waals surface area contributed by atoms with Crippen LogP contribution < -0.4 is 9.47 Å². The second-order valence-corrected chi connectivity index (χ2v) is 9.27. The van der Waals surface area contributed by atoms with E-state index in [-0.39, 0.29) is 17.7 Å². The van der Waals surface area contributed by atoms with Crippen LogP contribution in [0.1, 0.15) is 23.6 Å². The lowest BCUT2D eigenvalue weighted by Gasteiger charge is -2.15. The standard InChI is InChI=1S/C26H21Cl2NO4S/c1-2-32-22-13-19(12-21(28)24(22)33-16-17-7-4-3-5-8-17)14-23-25(30)29(26(31)34-23)15-18-9-6-10-20(27)11-18/h3-14H,2,15-16H2,1H3/b23-14-. The molecule has 0 bridgehead atoms. The molecule has 0 aliphatic carbocycles. The normalized spacial score (nSPS) is 14.7. The number of imide groups is 1. The van der Waals surface area contributed by atoms with Crippen LogP contribution >= 0.6 is 35.0 Å². The molecule has 0 spiro atoms. The third kappa shape index (κ3) is 5.76. The van der Waals surface area contributed by atoms with E-state index >= 15 is 0 Å². The lowest BCUT2D eigenvalue weighted by Crippen LogP contribution is -2.27. The SMILES string of the molecule is CCOc1cc(/C=C2\SC(=O)N(Cc3cccc(Cl)c3)C2=O)cc(Cl)c1OCc1ccccc1. The van der Waals surface area contributed by atoms with E-state index in [0.717, 1.165) is 22.9 Å². The molecule has 0 saturated carbocycles. The van der Waals surface area contributed by atoms with Crippen LogP contribution in [0.15, 0.2) is 71.6 Å². The van der Waals surface area contributed by atoms with Crippen LogP contribution in [0.4, 0.5) is 4.79 Å². The number of hydrogen-bond acceptors (Lipinski definition) is 5. The van der Waals surface area contributed by atoms with Crippen molar-refractivity contribution in [1.82, 2.24) is 4.90 Å². The first-order valence-electron chi connectivity index (χ1n) is 10.6. The summed E-state index contributed by atoms with van der Waals surface area (Å²) >= 11 is 13.4. The van der Waals surface area contributed by atoms with Gasteiger partial charge in [0.1, 0.15) is 6.61 Å². The smallest absolute Gasteiger partial charge is 0.293 e. The molecule has 34 heavy (non-hydrogen) atoms. The van der Waals surface area contributed by atoms with Crippen LogP contribution in [0, 0.1) is 0 Å². The van der Waals surface area contributed by atoms with Gasteiger partial charge in [0.25, 0.3) is 11.1 Å². The van der Waals surface area contributed by atoms with E-state index in [0.29, 0.717) is 45.2 Å². The number of hydrogen-bond donors (Lipinski definition) is 0. The molecule has 0 atom stereocenters. The van der Waals surface area contributed by atoms with Gasteiger partial charge in [-0.1, -0.05) is 65.7 Å². The predicted octanol–water partition coefficient (Wildman–Crippen LogP) is 7.21. The van der Waals surface area contributed by atoms with Crippen molar-refractivity contribution < 1.29 is 19.1 Å². The third-order valence-electron chi connectivity index (χ3n) is 4.96. The summed E-state index contributed by atoms with van der Waals surface area (Å²) in [5.74, 6) is 0.530. The maximum Gasteiger partial charge on any atom is 0.293 e. The molecule has 1 fully saturated rings. The highest BCUT2D eigenvalue weighted by Gasteiger charge is 2.35. The number of amides is 2. The molecule has 1 aliphatic heterocycles. The average molecular weight is 514 g/mol. The summed E-state index contributed by atoms with van der Waals surface area (Å²) in [5.41, 5.74) is 2.41. The van der Waals surface area contributed by atoms with Gasteiger partial charge >= 0.3 is 0 Å². The molecule has 1 heterocycles. The van der Waals surface area contributed by atoms with Crippen LogP contribution in [0.25, 0.3) is 6.08 Å². The first-order valence-corrected chi connectivity index (χ1v) is 12.1. The Labute approximate surface area is 212 Å². The summed E-state index contributed by atoms with van der Waals surface area (Å²) in [6.07, 6.45) is 1.64. The highest BCUT2D eigenvalue weighted by Crippen LogP contribution is 2.40. The number of halogens is 2. The Morgan fingerprint density at radius 1 is 0.941 bits per heavy atom. The summed E-state index contributed by atoms with van der Waals surface area (Å²) in [6.45, 7) is 2.77. The van der Waals surface area contributed by atoms with Gasteiger partial charge in [0.15, 0.2) is 11.5 Å². The summed E-state index contributed by atoms with van der Waals surface area (Å²) in [4.78, 5) is 26.9. The monoisotopic (exact) mass is 513 g/mol. The van der Waals surface area contributed by atoms with Gasteiger partial charge in [-0.3, -0.25) is 14.5 Å². The molecule has 1 saturated heterocycles. The topological polar surface area (TPSA) is 55.8 Å². The van der Waals surface area contributed by atoms with Crippen LogP contribution in [-0.4, -0.2) is 22.7 Å². The molecule has 3 aromatic rings. The van der Waals surface area contributed by atoms with Gasteiger partial charge in [-0.2, -0.15) is 0 Å². The van der Waals surface area contributed by atoms with Gasteiger partial charge in [0, 0.05) is 5.02 Å². The van der Waals surface area contributed by atoms with E-state index in [2.05, 4.69) is 0 Å². The number of nitrogens with zero attached hydrogens (tertiary/aromatic N) is 1. The summed E-state index contributed by atoms with van der Waals surface area (Å²) < 4.78 is 11.7. The molecule has 0 N–H and O–H groups in total. The number of benzene rings is 3. The maximum absolute atomic E-state index is 12.9. The highest BCUT2D eigenvalue weighted by atomic mass is 35.5. The Morgan fingerprint density at radius 2 is 1.71 bits per heavy atom. The first-order chi connectivity index (χ1) is 16.4. The van der Waals surface area contributed by atoms with Crippen molar-refractivity contribution in [2.75, 3.05) is 6.61 Å². The molecule has 174 valence electrons. The Bertz CT molecular complexity index is 1250. The molecular formula is C26H21Cl2NO4S. The lowest BCUT2D eigenvalue weighted by atomic mass is 10.1. The van der Waals surface area contributed by atoms with Crippen molar-refractivity contribution in [2.24, 2.45) is 0 Å². The fourth-order valence-corrected chi connectivity index (χ4v) is 4.73. The molecular weight excluding hydrogens is 493 g/mol. The minimum absolute atomic E-state index is 0.153. The number of thioether (sulfide) groups is 1. The van der Waals surface area contributed by atoms with Gasteiger partial charge in [0.05, 0.1) is 23.1 Å². The summed E-state index contributed by atoms with van der Waals surface area (Å²) in [5, 5.41) is 0.564. The van der Waals surface area contributed by atoms with Gasteiger partial charge < -0.3 is 9.47 Å². The first kappa shape index (κ1) is 24.2. The van der Waals surface area contributed by atoms with Gasteiger partial charge in [-0.15, -0.1) is 0 Å². The van der Waals surface area contributed by atoms with E-state index in [1.54, 1.807) is 36.4 Å². The van der Waals surface area contributed by atoms with E-state index < -0.39 is 0 Å². The third-order valence-corrected chi connectivity index (χ3v) is 6.38. The van der Waals surface area contributed by atoms with E-state index in [1.165, 1.54) is 4.90 Å². The van der Waals surface area contributed by atoms with Crippen LogP contribution in [-0.2, 0) is 17.9 Å². The number of rotatable bonds is 8. The van der Waals surface area contributed by atoms with Crippen molar-refractivity contribution in [3.63, 3.8) is 0 Å². The summed E-state index contributed by atoms with van der Waals surface area (Å²) in [7, 11) is 0. The van der Waals surface area contributed by atoms with Crippen molar-refractivity contribution in [1.29, 1.82) is 0 Å². The second-order valence-electron chi connectivity index (χ2n) is 7.44. The molecule has 0 unspecified atom stereocenters. The fourth-order valence-electron chi connectivity index (χ4n) is 3.41. The lowest BCUT2D eigenvalue weighted by molar-refractivity contribution is -0.123. The van der Waals surface area contributed by atoms with Gasteiger partial charge in [0.2, 0.25) is 0 Å². The van der Waals surface area contributed by atoms with Crippen molar-refractivity contribution in [3.05, 3.63) is 98.4 Å². The van der Waals surface area contributed by atoms with Crippen LogP contribution in [0.2, 0.25) is 10.0 Å². The number of carbonyl (C=O) groups excluding carboxylic acids is 2. The van der Waals surface area contributed by atoms with E-state index in [4.69, 9.17) is 32.7 Å². The molecule has 0 aromatic heterocycles. The number of ether oxygens (including phenoxy) is 2. The van der Waals surface area contributed by atoms with Gasteiger partial charge in [-0.05, 0) is 65.7 Å². The van der Waals surface area contributed by atoms with Crippen LogP contribution in [0.5, 0.6) is 11.5 Å². The fraction of sp³-hybridized carbons (Fsp3) is 0.154. The maximum atomic E-state index is 12.9. The molecule has 8 heteroatoms. The van der Waals surface area contributed by atoms with Gasteiger partial charge in [-0.25, -0.2) is 0 Å². The minimum Gasteiger partial charge on any atom is -0.490 e. The van der Waals surface area contributed by atoms with Crippen LogP contribution in [0.3, 0.4) is 0 Å². The Kier molecular flexibility index (Phi) is 7.83. The second kappa shape index (κ2) is 11.0. The molecule has 5 nitrogen and oxygen atoms in total. The molecule has 1 aliphatic rings. The predicted molar refractivity (Wildman–Crippen MR) is 136 cm³/mol. The Hall–Kier alpha value is -2.93. The zero-order valence-electron chi connectivity index (χ0n) is 18.3. The molecule has 0 radical (unpaired) electrons.